The smallest absolute Gasteiger partial charge is 0.229 e. The van der Waals surface area contributed by atoms with E-state index < -0.39 is 10.0 Å². The third kappa shape index (κ3) is 4.43. The first kappa shape index (κ1) is 20.5. The van der Waals surface area contributed by atoms with Crippen LogP contribution in [0.15, 0.2) is 53.0 Å². The third-order valence-corrected chi connectivity index (χ3v) is 6.52. The summed E-state index contributed by atoms with van der Waals surface area (Å²) in [7, 11) is -3.30. The first-order chi connectivity index (χ1) is 13.2. The van der Waals surface area contributed by atoms with Crippen molar-refractivity contribution in [3.8, 4) is 10.4 Å². The summed E-state index contributed by atoms with van der Waals surface area (Å²) in [4.78, 5) is 5.19. The van der Waals surface area contributed by atoms with Crippen LogP contribution in [-0.2, 0) is 10.0 Å². The predicted octanol–water partition coefficient (Wildman–Crippen LogP) is 4.47. The van der Waals surface area contributed by atoms with E-state index in [2.05, 4.69) is 29.1 Å². The molecule has 0 unspecified atom stereocenters. The molecule has 1 aliphatic rings. The molecule has 1 aromatic heterocycles. The van der Waals surface area contributed by atoms with Gasteiger partial charge in [0.1, 0.15) is 0 Å². The lowest BCUT2D eigenvalue weighted by Crippen LogP contribution is -2.09. The van der Waals surface area contributed by atoms with E-state index >= 15 is 0 Å². The van der Waals surface area contributed by atoms with E-state index in [9.17, 15) is 13.5 Å². The Labute approximate surface area is 170 Å². The molecule has 0 atom stereocenters. The molecule has 5 nitrogen and oxygen atoms in total. The van der Waals surface area contributed by atoms with Crippen molar-refractivity contribution in [1.29, 1.82) is 0 Å². The van der Waals surface area contributed by atoms with Crippen LogP contribution in [-0.4, -0.2) is 33.1 Å². The molecule has 1 aliphatic carbocycles. The highest BCUT2D eigenvalue weighted by atomic mass is 32.2. The Morgan fingerprint density at radius 1 is 1.39 bits per heavy atom. The van der Waals surface area contributed by atoms with Gasteiger partial charge in [-0.15, -0.1) is 11.3 Å². The van der Waals surface area contributed by atoms with Crippen molar-refractivity contribution < 1.29 is 13.5 Å². The van der Waals surface area contributed by atoms with Gasteiger partial charge in [-0.25, -0.2) is 8.42 Å². The van der Waals surface area contributed by atoms with Gasteiger partial charge in [-0.1, -0.05) is 12.6 Å². The Morgan fingerprint density at radius 3 is 2.64 bits per heavy atom. The second-order valence-corrected chi connectivity index (χ2v) is 9.91. The van der Waals surface area contributed by atoms with E-state index in [1.165, 1.54) is 0 Å². The molecule has 2 N–H and O–H groups in total. The Hall–Kier alpha value is -2.22. The van der Waals surface area contributed by atoms with Gasteiger partial charge in [-0.05, 0) is 78.4 Å². The lowest BCUT2D eigenvalue weighted by molar-refractivity contribution is 0.234. The van der Waals surface area contributed by atoms with Crippen molar-refractivity contribution in [1.82, 2.24) is 0 Å². The fraction of sp³-hybridized carbons (Fsp3) is 0.286. The molecule has 3 rings (SSSR count). The van der Waals surface area contributed by atoms with Gasteiger partial charge < -0.3 is 5.11 Å². The normalized spacial score (nSPS) is 15.9. The van der Waals surface area contributed by atoms with Crippen molar-refractivity contribution in [3.63, 3.8) is 0 Å². The lowest BCUT2D eigenvalue weighted by Gasteiger charge is -2.12. The Morgan fingerprint density at radius 2 is 2.11 bits per heavy atom. The zero-order valence-corrected chi connectivity index (χ0v) is 17.7. The molecule has 1 heterocycles. The monoisotopic (exact) mass is 416 g/mol. The molecule has 7 heteroatoms. The van der Waals surface area contributed by atoms with E-state index in [1.54, 1.807) is 17.4 Å². The van der Waals surface area contributed by atoms with Gasteiger partial charge in [0.15, 0.2) is 0 Å². The summed E-state index contributed by atoms with van der Waals surface area (Å²) < 4.78 is 25.3. The largest absolute Gasteiger partial charge is 0.395 e. The fourth-order valence-electron chi connectivity index (χ4n) is 3.12. The SMILES string of the molecule is C=N/C(=C\C(=C)c1csc(-c2ccc(NS(C)(=O)=O)cc2C)c1)C1(CO)CC1. The summed E-state index contributed by atoms with van der Waals surface area (Å²) in [6.07, 6.45) is 4.89. The van der Waals surface area contributed by atoms with Crippen LogP contribution in [0, 0.1) is 12.3 Å². The molecule has 1 aromatic carbocycles. The molecule has 0 amide bonds. The molecule has 0 aliphatic heterocycles. The summed E-state index contributed by atoms with van der Waals surface area (Å²) in [6.45, 7) is 9.83. The van der Waals surface area contributed by atoms with Gasteiger partial charge in [0.25, 0.3) is 0 Å². The molecule has 148 valence electrons. The predicted molar refractivity (Wildman–Crippen MR) is 118 cm³/mol. The van der Waals surface area contributed by atoms with Crippen LogP contribution in [0.1, 0.15) is 24.0 Å². The van der Waals surface area contributed by atoms with Crippen LogP contribution in [0.4, 0.5) is 5.69 Å². The van der Waals surface area contributed by atoms with E-state index in [-0.39, 0.29) is 12.0 Å². The quantitative estimate of drug-likeness (QED) is 0.492. The Balaban J connectivity index is 1.84. The first-order valence-electron chi connectivity index (χ1n) is 8.84. The zero-order chi connectivity index (χ0) is 20.5. The number of nitrogens with zero attached hydrogens (tertiary/aromatic N) is 1. The van der Waals surface area contributed by atoms with Gasteiger partial charge in [0.2, 0.25) is 10.0 Å². The number of anilines is 1. The standard InChI is InChI=1S/C21H24N2O3S2/c1-14(10-20(22-3)21(13-24)7-8-21)16-11-19(27-12-16)18-6-5-17(9-15(18)2)23-28(4,25)26/h5-6,9-12,23-24H,1,3,7-8,13H2,2,4H3/b20-10-. The molecular formula is C21H24N2O3S2. The average Bonchev–Trinajstić information content (AvgIpc) is 3.26. The number of aryl methyl sites for hydroxylation is 1. The molecule has 28 heavy (non-hydrogen) atoms. The number of thiophene rings is 1. The van der Waals surface area contributed by atoms with Crippen LogP contribution in [0.25, 0.3) is 16.0 Å². The average molecular weight is 417 g/mol. The number of allylic oxidation sites excluding steroid dienone is 2. The number of hydrogen-bond acceptors (Lipinski definition) is 5. The number of rotatable bonds is 8. The maximum absolute atomic E-state index is 11.4. The fourth-order valence-corrected chi connectivity index (χ4v) is 4.70. The van der Waals surface area contributed by atoms with Crippen molar-refractivity contribution >= 4 is 39.3 Å². The number of nitrogens with one attached hydrogen (secondary N) is 1. The molecule has 0 saturated heterocycles. The minimum absolute atomic E-state index is 0.0765. The minimum atomic E-state index is -3.30. The van der Waals surface area contributed by atoms with Gasteiger partial charge in [-0.2, -0.15) is 0 Å². The molecule has 1 fully saturated rings. The van der Waals surface area contributed by atoms with Crippen LogP contribution in [0.5, 0.6) is 0 Å². The van der Waals surface area contributed by atoms with Crippen LogP contribution < -0.4 is 4.72 Å². The summed E-state index contributed by atoms with van der Waals surface area (Å²) in [5.41, 5.74) is 4.94. The zero-order valence-electron chi connectivity index (χ0n) is 16.0. The Kier molecular flexibility index (Phi) is 5.61. The molecule has 1 saturated carbocycles. The van der Waals surface area contributed by atoms with Gasteiger partial charge in [0, 0.05) is 21.7 Å². The number of aliphatic hydroxyl groups excluding tert-OH is 1. The van der Waals surface area contributed by atoms with Gasteiger partial charge >= 0.3 is 0 Å². The van der Waals surface area contributed by atoms with Crippen molar-refractivity contribution in [2.45, 2.75) is 19.8 Å². The molecule has 0 radical (unpaired) electrons. The summed E-state index contributed by atoms with van der Waals surface area (Å²) in [5, 5.41) is 11.7. The highest BCUT2D eigenvalue weighted by Crippen LogP contribution is 2.52. The van der Waals surface area contributed by atoms with E-state index in [0.717, 1.165) is 51.9 Å². The van der Waals surface area contributed by atoms with Crippen molar-refractivity contribution in [2.75, 3.05) is 17.6 Å². The second-order valence-electron chi connectivity index (χ2n) is 7.25. The molecule has 2 aromatic rings. The molecule has 0 bridgehead atoms. The Bertz CT molecular complexity index is 1060. The summed E-state index contributed by atoms with van der Waals surface area (Å²) in [6, 6.07) is 7.56. The van der Waals surface area contributed by atoms with Crippen molar-refractivity contribution in [3.05, 3.63) is 59.1 Å². The van der Waals surface area contributed by atoms with E-state index in [0.29, 0.717) is 5.69 Å². The highest BCUT2D eigenvalue weighted by Gasteiger charge is 2.45. The van der Waals surface area contributed by atoms with Crippen LogP contribution in [0.3, 0.4) is 0 Å². The molecular weight excluding hydrogens is 392 g/mol. The van der Waals surface area contributed by atoms with E-state index in [4.69, 9.17) is 0 Å². The maximum atomic E-state index is 11.4. The highest BCUT2D eigenvalue weighted by molar-refractivity contribution is 7.92. The van der Waals surface area contributed by atoms with Crippen molar-refractivity contribution in [2.24, 2.45) is 10.4 Å². The number of benzene rings is 1. The van der Waals surface area contributed by atoms with Crippen LogP contribution >= 0.6 is 11.3 Å². The number of sulfonamides is 1. The van der Waals surface area contributed by atoms with Gasteiger partial charge in [0.05, 0.1) is 12.9 Å². The number of hydrogen-bond donors (Lipinski definition) is 2. The minimum Gasteiger partial charge on any atom is -0.395 e. The lowest BCUT2D eigenvalue weighted by atomic mass is 9.99. The first-order valence-corrected chi connectivity index (χ1v) is 11.6. The topological polar surface area (TPSA) is 78.8 Å². The maximum Gasteiger partial charge on any atom is 0.229 e. The van der Waals surface area contributed by atoms with E-state index in [1.807, 2.05) is 30.5 Å². The molecule has 0 spiro atoms. The third-order valence-electron chi connectivity index (χ3n) is 4.95. The second kappa shape index (κ2) is 7.66. The number of aliphatic imine (C=N–C) groups is 1. The summed E-state index contributed by atoms with van der Waals surface area (Å²) in [5.74, 6) is 0. The number of aliphatic hydroxyl groups is 1. The summed E-state index contributed by atoms with van der Waals surface area (Å²) >= 11 is 1.60. The van der Waals surface area contributed by atoms with Gasteiger partial charge in [-0.3, -0.25) is 9.71 Å². The van der Waals surface area contributed by atoms with Crippen LogP contribution in [0.2, 0.25) is 0 Å².